The molecule has 156 valence electrons. The molecule has 2 amide bonds. The Balaban J connectivity index is 1.51. The van der Waals surface area contributed by atoms with Gasteiger partial charge in [0.25, 0.3) is 5.91 Å². The number of piperidine rings is 1. The Hall–Kier alpha value is -1.86. The van der Waals surface area contributed by atoms with Crippen molar-refractivity contribution in [1.82, 2.24) is 14.8 Å². The number of aromatic nitrogens is 1. The lowest BCUT2D eigenvalue weighted by molar-refractivity contribution is -0.136. The lowest BCUT2D eigenvalue weighted by atomic mass is 9.94. The fraction of sp³-hybridized carbons (Fsp3) is 0.500. The molecule has 0 N–H and O–H groups in total. The number of hydrogen-bond donors (Lipinski definition) is 0. The van der Waals surface area contributed by atoms with Crippen LogP contribution in [0.4, 0.5) is 0 Å². The van der Waals surface area contributed by atoms with Gasteiger partial charge in [-0.2, -0.15) is 0 Å². The van der Waals surface area contributed by atoms with Gasteiger partial charge in [-0.3, -0.25) is 9.59 Å². The first-order valence-electron chi connectivity index (χ1n) is 10.2. The number of rotatable bonds is 7. The maximum atomic E-state index is 12.8. The standard InChI is InChI=1S/C22H29N3O2S2/c1-4-24(5-2)20(26)19-10-12-25(13-11-19)21(27)18-8-6-17(7-9-18)15-29-22-23-16(3)14-28-22/h6-9,14,19H,4-5,10-13,15H2,1-3H3. The first kappa shape index (κ1) is 21.8. The zero-order valence-corrected chi connectivity index (χ0v) is 19.0. The SMILES string of the molecule is CCN(CC)C(=O)C1CCN(C(=O)c2ccc(CSc3nc(C)cs3)cc2)CC1. The minimum absolute atomic E-state index is 0.0489. The van der Waals surface area contributed by atoms with Crippen LogP contribution in [0.3, 0.4) is 0 Å². The summed E-state index contributed by atoms with van der Waals surface area (Å²) in [6.45, 7) is 8.83. The second kappa shape index (κ2) is 10.3. The van der Waals surface area contributed by atoms with Crippen LogP contribution in [0.15, 0.2) is 34.0 Å². The first-order chi connectivity index (χ1) is 14.0. The number of carbonyl (C=O) groups is 2. The highest BCUT2D eigenvalue weighted by molar-refractivity contribution is 8.00. The van der Waals surface area contributed by atoms with Crippen molar-refractivity contribution in [3.8, 4) is 0 Å². The highest BCUT2D eigenvalue weighted by Crippen LogP contribution is 2.26. The number of carbonyl (C=O) groups excluding carboxylic acids is 2. The Morgan fingerprint density at radius 1 is 1.17 bits per heavy atom. The number of likely N-dealkylation sites (tertiary alicyclic amines) is 1. The van der Waals surface area contributed by atoms with E-state index in [1.54, 1.807) is 23.1 Å². The van der Waals surface area contributed by atoms with E-state index in [4.69, 9.17) is 0 Å². The third-order valence-electron chi connectivity index (χ3n) is 5.37. The number of nitrogens with zero attached hydrogens (tertiary/aromatic N) is 3. The second-order valence-corrected chi connectivity index (χ2v) is 9.40. The smallest absolute Gasteiger partial charge is 0.253 e. The topological polar surface area (TPSA) is 53.5 Å². The summed E-state index contributed by atoms with van der Waals surface area (Å²) in [6.07, 6.45) is 1.51. The minimum atomic E-state index is 0.0489. The Labute approximate surface area is 181 Å². The fourth-order valence-electron chi connectivity index (χ4n) is 3.59. The van der Waals surface area contributed by atoms with Gasteiger partial charge in [-0.15, -0.1) is 11.3 Å². The number of thiazole rings is 1. The van der Waals surface area contributed by atoms with E-state index < -0.39 is 0 Å². The summed E-state index contributed by atoms with van der Waals surface area (Å²) in [5, 5.41) is 2.06. The summed E-state index contributed by atoms with van der Waals surface area (Å²) in [5.74, 6) is 1.20. The molecule has 0 spiro atoms. The molecule has 3 rings (SSSR count). The van der Waals surface area contributed by atoms with Crippen molar-refractivity contribution in [1.29, 1.82) is 0 Å². The Kier molecular flexibility index (Phi) is 7.72. The Bertz CT molecular complexity index is 823. The van der Waals surface area contributed by atoms with E-state index in [0.717, 1.165) is 47.3 Å². The monoisotopic (exact) mass is 431 g/mol. The Morgan fingerprint density at radius 2 is 1.83 bits per heavy atom. The highest BCUT2D eigenvalue weighted by Gasteiger charge is 2.29. The summed E-state index contributed by atoms with van der Waals surface area (Å²) in [6, 6.07) is 7.88. The van der Waals surface area contributed by atoms with Gasteiger partial charge >= 0.3 is 0 Å². The molecule has 0 bridgehead atoms. The lowest BCUT2D eigenvalue weighted by Crippen LogP contribution is -2.44. The molecule has 1 saturated heterocycles. The quantitative estimate of drug-likeness (QED) is 0.607. The zero-order valence-electron chi connectivity index (χ0n) is 17.4. The molecule has 0 radical (unpaired) electrons. The van der Waals surface area contributed by atoms with Gasteiger partial charge in [0.15, 0.2) is 0 Å². The number of aryl methyl sites for hydroxylation is 1. The van der Waals surface area contributed by atoms with Gasteiger partial charge in [-0.25, -0.2) is 4.98 Å². The predicted octanol–water partition coefficient (Wildman–Crippen LogP) is 4.46. The van der Waals surface area contributed by atoms with E-state index in [0.29, 0.717) is 13.1 Å². The average Bonchev–Trinajstić information content (AvgIpc) is 3.18. The van der Waals surface area contributed by atoms with Crippen LogP contribution in [0.5, 0.6) is 0 Å². The van der Waals surface area contributed by atoms with Crippen molar-refractivity contribution in [2.45, 2.75) is 43.7 Å². The van der Waals surface area contributed by atoms with Crippen molar-refractivity contribution in [2.24, 2.45) is 5.92 Å². The molecule has 1 aromatic heterocycles. The maximum Gasteiger partial charge on any atom is 0.253 e. The van der Waals surface area contributed by atoms with Crippen LogP contribution in [0.2, 0.25) is 0 Å². The molecule has 1 fully saturated rings. The summed E-state index contributed by atoms with van der Waals surface area (Å²) in [4.78, 5) is 33.6. The van der Waals surface area contributed by atoms with Crippen LogP contribution in [0, 0.1) is 12.8 Å². The second-order valence-electron chi connectivity index (χ2n) is 7.32. The molecule has 2 heterocycles. The Morgan fingerprint density at radius 3 is 2.38 bits per heavy atom. The molecule has 0 unspecified atom stereocenters. The van der Waals surface area contributed by atoms with E-state index in [9.17, 15) is 9.59 Å². The van der Waals surface area contributed by atoms with Crippen molar-refractivity contribution < 1.29 is 9.59 Å². The number of amides is 2. The van der Waals surface area contributed by atoms with Gasteiger partial charge in [0.05, 0.1) is 0 Å². The van der Waals surface area contributed by atoms with E-state index in [1.807, 2.05) is 54.8 Å². The molecule has 0 atom stereocenters. The van der Waals surface area contributed by atoms with Crippen molar-refractivity contribution >= 4 is 34.9 Å². The maximum absolute atomic E-state index is 12.8. The summed E-state index contributed by atoms with van der Waals surface area (Å²) >= 11 is 3.39. The third-order valence-corrected chi connectivity index (χ3v) is 7.58. The van der Waals surface area contributed by atoms with Crippen LogP contribution in [-0.4, -0.2) is 52.8 Å². The van der Waals surface area contributed by atoms with Gasteiger partial charge in [0, 0.05) is 54.5 Å². The van der Waals surface area contributed by atoms with Gasteiger partial charge in [0.2, 0.25) is 5.91 Å². The normalized spacial score (nSPS) is 14.8. The van der Waals surface area contributed by atoms with E-state index in [1.165, 1.54) is 5.56 Å². The predicted molar refractivity (Wildman–Crippen MR) is 119 cm³/mol. The molecular formula is C22H29N3O2S2. The van der Waals surface area contributed by atoms with E-state index in [2.05, 4.69) is 10.4 Å². The number of thioether (sulfide) groups is 1. The van der Waals surface area contributed by atoms with Gasteiger partial charge < -0.3 is 9.80 Å². The lowest BCUT2D eigenvalue weighted by Gasteiger charge is -2.33. The summed E-state index contributed by atoms with van der Waals surface area (Å²) in [5.41, 5.74) is 2.96. The number of hydrogen-bond acceptors (Lipinski definition) is 5. The summed E-state index contributed by atoms with van der Waals surface area (Å²) in [7, 11) is 0. The molecule has 7 heteroatoms. The number of benzene rings is 1. The van der Waals surface area contributed by atoms with Gasteiger partial charge in [-0.05, 0) is 51.3 Å². The zero-order chi connectivity index (χ0) is 20.8. The molecule has 1 aliphatic rings. The van der Waals surface area contributed by atoms with E-state index >= 15 is 0 Å². The molecule has 2 aromatic rings. The molecule has 0 saturated carbocycles. The average molecular weight is 432 g/mol. The van der Waals surface area contributed by atoms with Crippen molar-refractivity contribution in [2.75, 3.05) is 26.2 Å². The van der Waals surface area contributed by atoms with Crippen LogP contribution < -0.4 is 0 Å². The minimum Gasteiger partial charge on any atom is -0.343 e. The molecule has 1 aromatic carbocycles. The van der Waals surface area contributed by atoms with Crippen LogP contribution in [0.1, 0.15) is 48.3 Å². The molecule has 5 nitrogen and oxygen atoms in total. The molecule has 0 aliphatic carbocycles. The van der Waals surface area contributed by atoms with Crippen molar-refractivity contribution in [3.63, 3.8) is 0 Å². The highest BCUT2D eigenvalue weighted by atomic mass is 32.2. The van der Waals surface area contributed by atoms with Crippen LogP contribution in [-0.2, 0) is 10.5 Å². The third kappa shape index (κ3) is 5.60. The molecular weight excluding hydrogens is 402 g/mol. The largest absolute Gasteiger partial charge is 0.343 e. The van der Waals surface area contributed by atoms with Gasteiger partial charge in [-0.1, -0.05) is 23.9 Å². The molecule has 1 aliphatic heterocycles. The van der Waals surface area contributed by atoms with Gasteiger partial charge in [0.1, 0.15) is 4.34 Å². The fourth-order valence-corrected chi connectivity index (χ4v) is 5.40. The van der Waals surface area contributed by atoms with Crippen LogP contribution in [0.25, 0.3) is 0 Å². The molecule has 29 heavy (non-hydrogen) atoms. The summed E-state index contributed by atoms with van der Waals surface area (Å²) < 4.78 is 1.07. The first-order valence-corrected chi connectivity index (χ1v) is 12.1. The van der Waals surface area contributed by atoms with Crippen LogP contribution >= 0.6 is 23.1 Å². The van der Waals surface area contributed by atoms with E-state index in [-0.39, 0.29) is 17.7 Å². The van der Waals surface area contributed by atoms with Crippen molar-refractivity contribution in [3.05, 3.63) is 46.5 Å².